The number of aryl methyl sites for hydroxylation is 3. The van der Waals surface area contributed by atoms with Crippen molar-refractivity contribution in [3.05, 3.63) is 64.6 Å². The van der Waals surface area contributed by atoms with Crippen LogP contribution in [0.4, 0.5) is 0 Å². The summed E-state index contributed by atoms with van der Waals surface area (Å²) in [5.74, 6) is 0.241. The number of benzene rings is 1. The van der Waals surface area contributed by atoms with E-state index in [2.05, 4.69) is 26.6 Å². The summed E-state index contributed by atoms with van der Waals surface area (Å²) in [6.45, 7) is 8.52. The average molecular weight is 365 g/mol. The number of amides is 1. The Kier molecular flexibility index (Phi) is 5.49. The zero-order chi connectivity index (χ0) is 19.4. The minimum atomic E-state index is -0.283. The van der Waals surface area contributed by atoms with Gasteiger partial charge in [-0.15, -0.1) is 5.10 Å². The van der Waals surface area contributed by atoms with Crippen LogP contribution in [0, 0.1) is 20.8 Å². The lowest BCUT2D eigenvalue weighted by Gasteiger charge is -2.09. The maximum atomic E-state index is 12.6. The van der Waals surface area contributed by atoms with Gasteiger partial charge in [0.25, 0.3) is 5.91 Å². The van der Waals surface area contributed by atoms with Crippen LogP contribution in [0.25, 0.3) is 5.69 Å². The third kappa shape index (κ3) is 4.13. The molecule has 0 saturated heterocycles. The molecular formula is C20H23N5O2. The molecule has 2 aromatic heterocycles. The minimum Gasteiger partial charge on any atom is -0.478 e. The van der Waals surface area contributed by atoms with Crippen LogP contribution in [0.2, 0.25) is 0 Å². The van der Waals surface area contributed by atoms with E-state index in [0.717, 1.165) is 16.8 Å². The van der Waals surface area contributed by atoms with Crippen molar-refractivity contribution >= 4 is 5.91 Å². The molecule has 1 N–H and O–H groups in total. The van der Waals surface area contributed by atoms with Gasteiger partial charge in [-0.05, 0) is 45.4 Å². The molecule has 1 amide bonds. The highest BCUT2D eigenvalue weighted by atomic mass is 16.5. The molecule has 1 aromatic carbocycles. The van der Waals surface area contributed by atoms with Crippen molar-refractivity contribution < 1.29 is 9.53 Å². The third-order valence-electron chi connectivity index (χ3n) is 4.14. The van der Waals surface area contributed by atoms with Gasteiger partial charge in [-0.1, -0.05) is 23.8 Å². The summed E-state index contributed by atoms with van der Waals surface area (Å²) in [4.78, 5) is 18.3. The summed E-state index contributed by atoms with van der Waals surface area (Å²) in [6, 6.07) is 9.70. The summed E-state index contributed by atoms with van der Waals surface area (Å²) in [6.07, 6.45) is 1.66. The van der Waals surface area contributed by atoms with Gasteiger partial charge in [0.2, 0.25) is 5.88 Å². The largest absolute Gasteiger partial charge is 0.478 e. The molecule has 140 valence electrons. The molecule has 0 fully saturated rings. The molecule has 0 unspecified atom stereocenters. The monoisotopic (exact) mass is 365 g/mol. The van der Waals surface area contributed by atoms with Crippen LogP contribution in [0.15, 0.2) is 36.5 Å². The molecule has 0 atom stereocenters. The van der Waals surface area contributed by atoms with Gasteiger partial charge in [0.15, 0.2) is 5.69 Å². The Balaban J connectivity index is 1.77. The molecule has 0 aliphatic carbocycles. The van der Waals surface area contributed by atoms with E-state index in [4.69, 9.17) is 4.74 Å². The lowest BCUT2D eigenvalue weighted by Crippen LogP contribution is -2.24. The van der Waals surface area contributed by atoms with Gasteiger partial charge in [-0.3, -0.25) is 4.79 Å². The smallest absolute Gasteiger partial charge is 0.274 e. The van der Waals surface area contributed by atoms with E-state index < -0.39 is 0 Å². The second-order valence-electron chi connectivity index (χ2n) is 6.30. The molecule has 0 saturated carbocycles. The Hall–Kier alpha value is -3.22. The van der Waals surface area contributed by atoms with Crippen molar-refractivity contribution in [2.24, 2.45) is 0 Å². The summed E-state index contributed by atoms with van der Waals surface area (Å²) in [5.41, 5.74) is 4.76. The number of rotatable bonds is 6. The van der Waals surface area contributed by atoms with Crippen molar-refractivity contribution in [3.63, 3.8) is 0 Å². The highest BCUT2D eigenvalue weighted by Gasteiger charge is 2.17. The second-order valence-corrected chi connectivity index (χ2v) is 6.30. The Morgan fingerprint density at radius 2 is 2.00 bits per heavy atom. The molecule has 7 nitrogen and oxygen atoms in total. The highest BCUT2D eigenvalue weighted by molar-refractivity contribution is 5.93. The van der Waals surface area contributed by atoms with E-state index in [1.165, 1.54) is 10.4 Å². The van der Waals surface area contributed by atoms with Gasteiger partial charge in [-0.25, -0.2) is 4.98 Å². The molecule has 7 heteroatoms. The van der Waals surface area contributed by atoms with E-state index in [-0.39, 0.29) is 5.91 Å². The van der Waals surface area contributed by atoms with Crippen LogP contribution in [0.1, 0.15) is 39.8 Å². The number of hydrogen-bond donors (Lipinski definition) is 1. The molecule has 0 aliphatic rings. The van der Waals surface area contributed by atoms with Crippen molar-refractivity contribution in [1.82, 2.24) is 25.3 Å². The maximum absolute atomic E-state index is 12.6. The number of ether oxygens (including phenoxy) is 1. The van der Waals surface area contributed by atoms with Crippen molar-refractivity contribution in [2.75, 3.05) is 6.61 Å². The van der Waals surface area contributed by atoms with Gasteiger partial charge in [0.05, 0.1) is 18.0 Å². The first-order chi connectivity index (χ1) is 13.0. The number of carbonyl (C=O) groups excluding carboxylic acids is 1. The lowest BCUT2D eigenvalue weighted by molar-refractivity contribution is 0.0944. The normalized spacial score (nSPS) is 10.7. The number of aromatic nitrogens is 4. The van der Waals surface area contributed by atoms with Gasteiger partial charge in [0, 0.05) is 18.3 Å². The summed E-state index contributed by atoms with van der Waals surface area (Å²) in [5, 5.41) is 11.7. The minimum absolute atomic E-state index is 0.283. The number of carbonyl (C=O) groups is 1. The van der Waals surface area contributed by atoms with E-state index in [0.29, 0.717) is 30.4 Å². The summed E-state index contributed by atoms with van der Waals surface area (Å²) >= 11 is 0. The summed E-state index contributed by atoms with van der Waals surface area (Å²) < 4.78 is 5.49. The lowest BCUT2D eigenvalue weighted by atomic mass is 10.1. The summed E-state index contributed by atoms with van der Waals surface area (Å²) in [7, 11) is 0. The Labute approximate surface area is 158 Å². The van der Waals surface area contributed by atoms with Crippen LogP contribution in [0.3, 0.4) is 0 Å². The zero-order valence-electron chi connectivity index (χ0n) is 16.0. The van der Waals surface area contributed by atoms with E-state index in [9.17, 15) is 4.79 Å². The second kappa shape index (κ2) is 7.99. The molecule has 27 heavy (non-hydrogen) atoms. The maximum Gasteiger partial charge on any atom is 0.274 e. The third-order valence-corrected chi connectivity index (χ3v) is 4.14. The number of nitrogens with zero attached hydrogens (tertiary/aromatic N) is 4. The van der Waals surface area contributed by atoms with Gasteiger partial charge in [0.1, 0.15) is 0 Å². The Bertz CT molecular complexity index is 965. The van der Waals surface area contributed by atoms with E-state index in [1.807, 2.05) is 45.0 Å². The van der Waals surface area contributed by atoms with Crippen LogP contribution in [-0.4, -0.2) is 32.5 Å². The van der Waals surface area contributed by atoms with Gasteiger partial charge >= 0.3 is 0 Å². The Morgan fingerprint density at radius 1 is 1.19 bits per heavy atom. The number of nitrogens with one attached hydrogen (secondary N) is 1. The highest BCUT2D eigenvalue weighted by Crippen LogP contribution is 2.16. The fraction of sp³-hybridized carbons (Fsp3) is 0.300. The van der Waals surface area contributed by atoms with Crippen molar-refractivity contribution in [1.29, 1.82) is 0 Å². The molecule has 0 spiro atoms. The first-order valence-electron chi connectivity index (χ1n) is 8.86. The molecule has 3 aromatic rings. The van der Waals surface area contributed by atoms with E-state index >= 15 is 0 Å². The predicted octanol–water partition coefficient (Wildman–Crippen LogP) is 2.92. The molecule has 0 bridgehead atoms. The van der Waals surface area contributed by atoms with E-state index in [1.54, 1.807) is 13.1 Å². The molecular weight excluding hydrogens is 342 g/mol. The number of pyridine rings is 1. The van der Waals surface area contributed by atoms with Crippen molar-refractivity contribution in [3.8, 4) is 11.6 Å². The fourth-order valence-corrected chi connectivity index (χ4v) is 2.81. The first-order valence-corrected chi connectivity index (χ1v) is 8.86. The topological polar surface area (TPSA) is 81.9 Å². The van der Waals surface area contributed by atoms with Crippen LogP contribution in [0.5, 0.6) is 5.88 Å². The average Bonchev–Trinajstić information content (AvgIpc) is 3.02. The van der Waals surface area contributed by atoms with Crippen LogP contribution in [-0.2, 0) is 6.54 Å². The Morgan fingerprint density at radius 3 is 2.74 bits per heavy atom. The standard InChI is InChI=1S/C20H23N5O2/c1-5-27-20-16(7-6-10-21-20)12-22-19(26)18-15(4)23-25(24-18)17-9-8-13(2)11-14(17)3/h6-11H,5,12H2,1-4H3,(H,22,26). The number of hydrogen-bond acceptors (Lipinski definition) is 5. The van der Waals surface area contributed by atoms with Crippen molar-refractivity contribution in [2.45, 2.75) is 34.2 Å². The molecule has 0 radical (unpaired) electrons. The first kappa shape index (κ1) is 18.6. The van der Waals surface area contributed by atoms with Gasteiger partial charge < -0.3 is 10.1 Å². The molecule has 0 aliphatic heterocycles. The SMILES string of the molecule is CCOc1ncccc1CNC(=O)c1nn(-c2ccc(C)cc2C)nc1C. The molecule has 2 heterocycles. The molecule has 3 rings (SSSR count). The predicted molar refractivity (Wildman–Crippen MR) is 102 cm³/mol. The van der Waals surface area contributed by atoms with Crippen LogP contribution < -0.4 is 10.1 Å². The fourth-order valence-electron chi connectivity index (χ4n) is 2.81. The zero-order valence-corrected chi connectivity index (χ0v) is 16.0. The van der Waals surface area contributed by atoms with Crippen LogP contribution >= 0.6 is 0 Å². The quantitative estimate of drug-likeness (QED) is 0.726. The van der Waals surface area contributed by atoms with Gasteiger partial charge in [-0.2, -0.15) is 9.90 Å².